The van der Waals surface area contributed by atoms with Gasteiger partial charge in [0.25, 0.3) is 0 Å². The van der Waals surface area contributed by atoms with Gasteiger partial charge >= 0.3 is 0 Å². The van der Waals surface area contributed by atoms with Gasteiger partial charge in [-0.3, -0.25) is 4.57 Å². The van der Waals surface area contributed by atoms with Crippen molar-refractivity contribution in [3.05, 3.63) is 81.1 Å². The third-order valence-electron chi connectivity index (χ3n) is 5.79. The van der Waals surface area contributed by atoms with Crippen molar-refractivity contribution in [1.29, 1.82) is 0 Å². The summed E-state index contributed by atoms with van der Waals surface area (Å²) in [5, 5.41) is 0.689. The van der Waals surface area contributed by atoms with E-state index >= 15 is 0 Å². The summed E-state index contributed by atoms with van der Waals surface area (Å²) in [7, 11) is 2.18. The maximum Gasteiger partial charge on any atom is 0.184 e. The summed E-state index contributed by atoms with van der Waals surface area (Å²) in [6.07, 6.45) is 5.44. The molecule has 2 aromatic carbocycles. The molecule has 1 aliphatic carbocycles. The molecule has 0 bridgehead atoms. The van der Waals surface area contributed by atoms with Crippen molar-refractivity contribution >= 4 is 23.8 Å². The molecule has 0 radical (unpaired) electrons. The van der Waals surface area contributed by atoms with Gasteiger partial charge < -0.3 is 9.47 Å². The van der Waals surface area contributed by atoms with Crippen LogP contribution in [0.25, 0.3) is 5.69 Å². The maximum absolute atomic E-state index is 13.9. The smallest absolute Gasteiger partial charge is 0.184 e. The zero-order valence-electron chi connectivity index (χ0n) is 17.4. The van der Waals surface area contributed by atoms with Gasteiger partial charge in [0.05, 0.1) is 0 Å². The fourth-order valence-corrected chi connectivity index (χ4v) is 4.32. The van der Waals surface area contributed by atoms with E-state index in [-0.39, 0.29) is 5.82 Å². The number of nitrogens with zero attached hydrogens (tertiary/aromatic N) is 3. The molecule has 0 atom stereocenters. The molecule has 30 heavy (non-hydrogen) atoms. The number of aryl methyl sites for hydroxylation is 1. The normalized spacial score (nSPS) is 13.9. The first-order chi connectivity index (χ1) is 14.4. The van der Waals surface area contributed by atoms with Crippen molar-refractivity contribution in [2.45, 2.75) is 32.7 Å². The quantitative estimate of drug-likeness (QED) is 0.393. The molecule has 0 aliphatic heterocycles. The summed E-state index contributed by atoms with van der Waals surface area (Å²) in [5.74, 6) is 0.654. The monoisotopic (exact) mass is 443 g/mol. The predicted molar refractivity (Wildman–Crippen MR) is 124 cm³/mol. The Kier molecular flexibility index (Phi) is 6.42. The molecule has 6 heteroatoms. The predicted octanol–water partition coefficient (Wildman–Crippen LogP) is 6.04. The van der Waals surface area contributed by atoms with Crippen LogP contribution >= 0.6 is 23.8 Å². The number of aromatic nitrogens is 2. The Morgan fingerprint density at radius 3 is 2.60 bits per heavy atom. The molecule has 158 valence electrons. The van der Waals surface area contributed by atoms with Gasteiger partial charge in [-0.25, -0.2) is 4.39 Å². The van der Waals surface area contributed by atoms with E-state index in [1.165, 1.54) is 18.9 Å². The molecule has 0 spiro atoms. The molecular formula is C24H27ClFN3S. The van der Waals surface area contributed by atoms with Crippen LogP contribution in [0.1, 0.15) is 29.7 Å². The average molecular weight is 444 g/mol. The number of benzene rings is 2. The summed E-state index contributed by atoms with van der Waals surface area (Å²) in [6, 6.07) is 12.6. The maximum atomic E-state index is 13.9. The minimum absolute atomic E-state index is 0.214. The van der Waals surface area contributed by atoms with Crippen LogP contribution in [-0.4, -0.2) is 34.2 Å². The molecule has 0 N–H and O–H groups in total. The lowest BCUT2D eigenvalue weighted by molar-refractivity contribution is 0.305. The van der Waals surface area contributed by atoms with Crippen LogP contribution < -0.4 is 0 Å². The minimum Gasteiger partial charge on any atom is -0.322 e. The van der Waals surface area contributed by atoms with Crippen molar-refractivity contribution in [3.8, 4) is 5.69 Å². The third-order valence-corrected chi connectivity index (χ3v) is 6.46. The van der Waals surface area contributed by atoms with Crippen LogP contribution in [0.4, 0.5) is 4.39 Å². The summed E-state index contributed by atoms with van der Waals surface area (Å²) >= 11 is 12.0. The van der Waals surface area contributed by atoms with E-state index in [0.717, 1.165) is 52.8 Å². The van der Waals surface area contributed by atoms with Gasteiger partial charge in [-0.15, -0.1) is 0 Å². The molecular weight excluding hydrogens is 417 g/mol. The highest BCUT2D eigenvalue weighted by Gasteiger charge is 2.22. The van der Waals surface area contributed by atoms with Gasteiger partial charge in [-0.1, -0.05) is 17.7 Å². The lowest BCUT2D eigenvalue weighted by Gasteiger charge is -2.16. The van der Waals surface area contributed by atoms with Crippen molar-refractivity contribution < 1.29 is 4.39 Å². The summed E-state index contributed by atoms with van der Waals surface area (Å²) in [5.41, 5.74) is 4.05. The number of rotatable bonds is 8. The van der Waals surface area contributed by atoms with Crippen LogP contribution in [0.15, 0.2) is 48.7 Å². The first kappa shape index (κ1) is 21.3. The first-order valence-corrected chi connectivity index (χ1v) is 11.2. The Bertz CT molecular complexity index is 1080. The van der Waals surface area contributed by atoms with Crippen molar-refractivity contribution in [2.24, 2.45) is 5.92 Å². The van der Waals surface area contributed by atoms with Gasteiger partial charge in [0.2, 0.25) is 0 Å². The van der Waals surface area contributed by atoms with Gasteiger partial charge in [0, 0.05) is 48.7 Å². The third kappa shape index (κ3) is 5.02. The Morgan fingerprint density at radius 2 is 1.90 bits per heavy atom. The van der Waals surface area contributed by atoms with Crippen LogP contribution in [-0.2, 0) is 13.0 Å². The fraction of sp³-hybridized carbons (Fsp3) is 0.375. The molecule has 3 aromatic rings. The van der Waals surface area contributed by atoms with E-state index in [4.69, 9.17) is 23.8 Å². The second-order valence-electron chi connectivity index (χ2n) is 8.36. The highest BCUT2D eigenvalue weighted by molar-refractivity contribution is 7.71. The molecule has 1 heterocycles. The van der Waals surface area contributed by atoms with Crippen LogP contribution in [0, 0.1) is 23.4 Å². The van der Waals surface area contributed by atoms with Crippen LogP contribution in [0.2, 0.25) is 5.02 Å². The lowest BCUT2D eigenvalue weighted by atomic mass is 10.0. The Hall–Kier alpha value is -1.95. The number of hydrogen-bond acceptors (Lipinski definition) is 2. The van der Waals surface area contributed by atoms with E-state index in [0.29, 0.717) is 11.4 Å². The molecule has 0 amide bonds. The average Bonchev–Trinajstić information content (AvgIpc) is 3.47. The number of imidazole rings is 1. The van der Waals surface area contributed by atoms with E-state index in [2.05, 4.69) is 27.3 Å². The lowest BCUT2D eigenvalue weighted by Crippen LogP contribution is -2.25. The van der Waals surface area contributed by atoms with E-state index < -0.39 is 0 Å². The molecule has 4 rings (SSSR count). The number of halogens is 2. The van der Waals surface area contributed by atoms with Crippen molar-refractivity contribution in [2.75, 3.05) is 20.1 Å². The fourth-order valence-electron chi connectivity index (χ4n) is 3.83. The van der Waals surface area contributed by atoms with Crippen LogP contribution in [0.5, 0.6) is 0 Å². The molecule has 1 aliphatic rings. The summed E-state index contributed by atoms with van der Waals surface area (Å²) in [4.78, 5) is 2.38. The second kappa shape index (κ2) is 9.04. The Labute approximate surface area is 187 Å². The number of likely N-dealkylation sites (N-methyl/N-ethyl adjacent to an activating group) is 1. The standard InChI is InChI=1S/C24H27ClFN3S/c1-17-3-8-21(26)13-19(17)14-23-16-28(12-11-27(2)15-18-4-5-18)24(30)29(23)22-9-6-20(25)7-10-22/h3,6-10,13,16,18H,4-5,11-12,14-15H2,1-2H3. The van der Waals surface area contributed by atoms with Gasteiger partial charge in [0.15, 0.2) is 4.77 Å². The molecule has 1 fully saturated rings. The van der Waals surface area contributed by atoms with E-state index in [1.807, 2.05) is 37.3 Å². The molecule has 1 saturated carbocycles. The molecule has 3 nitrogen and oxygen atoms in total. The van der Waals surface area contributed by atoms with Crippen molar-refractivity contribution in [3.63, 3.8) is 0 Å². The largest absolute Gasteiger partial charge is 0.322 e. The molecule has 0 unspecified atom stereocenters. The Balaban J connectivity index is 1.66. The van der Waals surface area contributed by atoms with Crippen LogP contribution in [0.3, 0.4) is 0 Å². The zero-order chi connectivity index (χ0) is 21.3. The number of hydrogen-bond donors (Lipinski definition) is 0. The van der Waals surface area contributed by atoms with Crippen molar-refractivity contribution in [1.82, 2.24) is 14.0 Å². The molecule has 0 saturated heterocycles. The van der Waals surface area contributed by atoms with E-state index in [1.54, 1.807) is 6.07 Å². The summed E-state index contributed by atoms with van der Waals surface area (Å²) < 4.78 is 18.8. The second-order valence-corrected chi connectivity index (χ2v) is 9.16. The van der Waals surface area contributed by atoms with Gasteiger partial charge in [-0.2, -0.15) is 0 Å². The SMILES string of the molecule is Cc1ccc(F)cc1Cc1cn(CCN(C)CC2CC2)c(=S)n1-c1ccc(Cl)cc1. The highest BCUT2D eigenvalue weighted by Crippen LogP contribution is 2.29. The zero-order valence-corrected chi connectivity index (χ0v) is 19.0. The minimum atomic E-state index is -0.214. The van der Waals surface area contributed by atoms with Gasteiger partial charge in [-0.05, 0) is 92.5 Å². The highest BCUT2D eigenvalue weighted by atomic mass is 35.5. The van der Waals surface area contributed by atoms with Gasteiger partial charge in [0.1, 0.15) is 5.82 Å². The topological polar surface area (TPSA) is 13.1 Å². The Morgan fingerprint density at radius 1 is 1.17 bits per heavy atom. The summed E-state index contributed by atoms with van der Waals surface area (Å²) in [6.45, 7) is 4.95. The van der Waals surface area contributed by atoms with E-state index in [9.17, 15) is 4.39 Å². The molecule has 1 aromatic heterocycles. The first-order valence-electron chi connectivity index (χ1n) is 10.4.